The Bertz CT molecular complexity index is 872. The van der Waals surface area contributed by atoms with Crippen LogP contribution >= 0.6 is 0 Å². The van der Waals surface area contributed by atoms with Gasteiger partial charge in [0, 0.05) is 5.56 Å². The van der Waals surface area contributed by atoms with E-state index in [4.69, 9.17) is 20.0 Å². The predicted octanol–water partition coefficient (Wildman–Crippen LogP) is 1.68. The van der Waals surface area contributed by atoms with E-state index < -0.39 is 5.56 Å². The molecule has 0 fully saturated rings. The molecule has 6 nitrogen and oxygen atoms in total. The summed E-state index contributed by atoms with van der Waals surface area (Å²) in [5, 5.41) is 17.9. The second-order valence-electron chi connectivity index (χ2n) is 4.65. The first-order valence-corrected chi connectivity index (χ1v) is 6.65. The van der Waals surface area contributed by atoms with Gasteiger partial charge in [0.1, 0.15) is 31.4 Å². The molecule has 108 valence electrons. The average molecular weight is 293 g/mol. The van der Waals surface area contributed by atoms with E-state index in [1.54, 1.807) is 24.3 Å². The smallest absolute Gasteiger partial charge is 0.269 e. The highest BCUT2D eigenvalue weighted by atomic mass is 16.6. The lowest BCUT2D eigenvalue weighted by atomic mass is 10.1. The molecule has 6 heteroatoms. The van der Waals surface area contributed by atoms with Crippen LogP contribution in [0.25, 0.3) is 11.3 Å². The van der Waals surface area contributed by atoms with Gasteiger partial charge in [0.15, 0.2) is 11.5 Å². The van der Waals surface area contributed by atoms with E-state index >= 15 is 0 Å². The van der Waals surface area contributed by atoms with Crippen LogP contribution in [-0.2, 0) is 6.54 Å². The zero-order valence-corrected chi connectivity index (χ0v) is 11.6. The van der Waals surface area contributed by atoms with Gasteiger partial charge in [-0.2, -0.15) is 10.5 Å². The Morgan fingerprint density at radius 1 is 1.09 bits per heavy atom. The number of hydrogen-bond donors (Lipinski definition) is 0. The third kappa shape index (κ3) is 2.27. The van der Waals surface area contributed by atoms with Crippen molar-refractivity contribution in [2.45, 2.75) is 6.54 Å². The van der Waals surface area contributed by atoms with Crippen molar-refractivity contribution in [1.82, 2.24) is 4.57 Å². The molecule has 2 heterocycles. The maximum atomic E-state index is 12.2. The summed E-state index contributed by atoms with van der Waals surface area (Å²) in [5.74, 6) is 1.25. The Kier molecular flexibility index (Phi) is 3.51. The molecule has 0 spiro atoms. The Labute approximate surface area is 126 Å². The SMILES string of the molecule is N#CCn1c(-c2ccc3c(c2)OCCO3)ccc(C#N)c1=O. The zero-order valence-electron chi connectivity index (χ0n) is 11.6. The van der Waals surface area contributed by atoms with Gasteiger partial charge in [-0.05, 0) is 30.3 Å². The van der Waals surface area contributed by atoms with Crippen molar-refractivity contribution in [2.24, 2.45) is 0 Å². The summed E-state index contributed by atoms with van der Waals surface area (Å²) in [6.07, 6.45) is 0. The fraction of sp³-hybridized carbons (Fsp3) is 0.188. The maximum absolute atomic E-state index is 12.2. The van der Waals surface area contributed by atoms with Gasteiger partial charge in [-0.1, -0.05) is 0 Å². The van der Waals surface area contributed by atoms with Crippen LogP contribution in [0.3, 0.4) is 0 Å². The van der Waals surface area contributed by atoms with Crippen LogP contribution in [0.4, 0.5) is 0 Å². The monoisotopic (exact) mass is 293 g/mol. The van der Waals surface area contributed by atoms with Crippen LogP contribution in [0.2, 0.25) is 0 Å². The van der Waals surface area contributed by atoms with E-state index in [0.29, 0.717) is 30.4 Å². The molecule has 2 aromatic rings. The third-order valence-electron chi connectivity index (χ3n) is 3.36. The van der Waals surface area contributed by atoms with Crippen molar-refractivity contribution in [2.75, 3.05) is 13.2 Å². The van der Waals surface area contributed by atoms with E-state index in [1.807, 2.05) is 12.1 Å². The van der Waals surface area contributed by atoms with Crippen LogP contribution < -0.4 is 15.0 Å². The second kappa shape index (κ2) is 5.63. The Hall–Kier alpha value is -3.25. The first-order chi connectivity index (χ1) is 10.7. The maximum Gasteiger partial charge on any atom is 0.269 e. The van der Waals surface area contributed by atoms with E-state index in [-0.39, 0.29) is 12.1 Å². The van der Waals surface area contributed by atoms with Crippen molar-refractivity contribution in [3.63, 3.8) is 0 Å². The quantitative estimate of drug-likeness (QED) is 0.840. The molecule has 0 unspecified atom stereocenters. The highest BCUT2D eigenvalue weighted by molar-refractivity contribution is 5.65. The molecule has 3 rings (SSSR count). The molecule has 0 amide bonds. The fourth-order valence-corrected chi connectivity index (χ4v) is 2.35. The Balaban J connectivity index is 2.16. The van der Waals surface area contributed by atoms with Gasteiger partial charge < -0.3 is 9.47 Å². The predicted molar refractivity (Wildman–Crippen MR) is 77.5 cm³/mol. The number of ether oxygens (including phenoxy) is 2. The summed E-state index contributed by atoms with van der Waals surface area (Å²) in [7, 11) is 0. The molecule has 0 saturated carbocycles. The summed E-state index contributed by atoms with van der Waals surface area (Å²) in [5.41, 5.74) is 0.816. The normalized spacial score (nSPS) is 12.3. The lowest BCUT2D eigenvalue weighted by Gasteiger charge is -2.19. The van der Waals surface area contributed by atoms with Crippen LogP contribution in [0, 0.1) is 22.7 Å². The van der Waals surface area contributed by atoms with E-state index in [1.165, 1.54) is 10.6 Å². The van der Waals surface area contributed by atoms with Crippen molar-refractivity contribution in [3.05, 3.63) is 46.2 Å². The van der Waals surface area contributed by atoms with Gasteiger partial charge in [0.05, 0.1) is 11.8 Å². The summed E-state index contributed by atoms with van der Waals surface area (Å²) >= 11 is 0. The van der Waals surface area contributed by atoms with Crippen molar-refractivity contribution in [1.29, 1.82) is 10.5 Å². The first-order valence-electron chi connectivity index (χ1n) is 6.65. The van der Waals surface area contributed by atoms with E-state index in [0.717, 1.165) is 5.56 Å². The fourth-order valence-electron chi connectivity index (χ4n) is 2.35. The lowest BCUT2D eigenvalue weighted by molar-refractivity contribution is 0.171. The number of benzene rings is 1. The number of nitriles is 2. The molecule has 0 saturated heterocycles. The summed E-state index contributed by atoms with van der Waals surface area (Å²) in [6, 6.07) is 12.2. The minimum absolute atomic E-state index is 0.0107. The average Bonchev–Trinajstić information content (AvgIpc) is 2.56. The minimum Gasteiger partial charge on any atom is -0.486 e. The van der Waals surface area contributed by atoms with Crippen molar-refractivity contribution < 1.29 is 9.47 Å². The van der Waals surface area contributed by atoms with Gasteiger partial charge in [-0.15, -0.1) is 0 Å². The number of aromatic nitrogens is 1. The molecule has 1 aliphatic heterocycles. The molecule has 0 N–H and O–H groups in total. The molecular weight excluding hydrogens is 282 g/mol. The number of fused-ring (bicyclic) bond motifs is 1. The van der Waals surface area contributed by atoms with E-state index in [9.17, 15) is 4.79 Å². The third-order valence-corrected chi connectivity index (χ3v) is 3.36. The Morgan fingerprint density at radius 2 is 1.86 bits per heavy atom. The van der Waals surface area contributed by atoms with Crippen LogP contribution in [-0.4, -0.2) is 17.8 Å². The van der Waals surface area contributed by atoms with Crippen molar-refractivity contribution >= 4 is 0 Å². The molecular formula is C16H11N3O3. The molecule has 1 aliphatic rings. The number of rotatable bonds is 2. The first kappa shape index (κ1) is 13.7. The highest BCUT2D eigenvalue weighted by Gasteiger charge is 2.15. The largest absolute Gasteiger partial charge is 0.486 e. The minimum atomic E-state index is -0.476. The van der Waals surface area contributed by atoms with Crippen molar-refractivity contribution in [3.8, 4) is 34.9 Å². The molecule has 22 heavy (non-hydrogen) atoms. The van der Waals surface area contributed by atoms with Crippen LogP contribution in [0.1, 0.15) is 5.56 Å². The lowest BCUT2D eigenvalue weighted by Crippen LogP contribution is -2.23. The highest BCUT2D eigenvalue weighted by Crippen LogP contribution is 2.34. The van der Waals surface area contributed by atoms with Crippen LogP contribution in [0.15, 0.2) is 35.1 Å². The number of pyridine rings is 1. The molecule has 0 radical (unpaired) electrons. The number of hydrogen-bond acceptors (Lipinski definition) is 5. The van der Waals surface area contributed by atoms with Gasteiger partial charge in [-0.3, -0.25) is 9.36 Å². The summed E-state index contributed by atoms with van der Waals surface area (Å²) in [4.78, 5) is 12.2. The van der Waals surface area contributed by atoms with Gasteiger partial charge in [0.2, 0.25) is 0 Å². The number of nitrogens with zero attached hydrogens (tertiary/aromatic N) is 3. The van der Waals surface area contributed by atoms with Gasteiger partial charge >= 0.3 is 0 Å². The second-order valence-corrected chi connectivity index (χ2v) is 4.65. The molecule has 1 aromatic carbocycles. The molecule has 0 atom stereocenters. The van der Waals surface area contributed by atoms with E-state index in [2.05, 4.69) is 0 Å². The molecule has 0 aliphatic carbocycles. The molecule has 0 bridgehead atoms. The molecule has 1 aromatic heterocycles. The van der Waals surface area contributed by atoms with Crippen LogP contribution in [0.5, 0.6) is 11.5 Å². The van der Waals surface area contributed by atoms with Gasteiger partial charge in [-0.25, -0.2) is 0 Å². The summed E-state index contributed by atoms with van der Waals surface area (Å²) in [6.45, 7) is 0.843. The topological polar surface area (TPSA) is 88.0 Å². The Morgan fingerprint density at radius 3 is 2.59 bits per heavy atom. The zero-order chi connectivity index (χ0) is 15.5. The standard InChI is InChI=1S/C16H11N3O3/c17-5-6-19-13(3-1-12(10-18)16(19)20)11-2-4-14-15(9-11)22-8-7-21-14/h1-4,9H,6-8H2. The summed E-state index contributed by atoms with van der Waals surface area (Å²) < 4.78 is 12.3. The van der Waals surface area contributed by atoms with Gasteiger partial charge in [0.25, 0.3) is 5.56 Å².